The molecule has 0 unspecified atom stereocenters. The van der Waals surface area contributed by atoms with Crippen molar-refractivity contribution in [2.24, 2.45) is 0 Å². The Morgan fingerprint density at radius 3 is 2.70 bits per heavy atom. The minimum Gasteiger partial charge on any atom is -0.494 e. The number of anilines is 1. The number of carboxylic acids is 1. The second kappa shape index (κ2) is 7.37. The Labute approximate surface area is 118 Å². The summed E-state index contributed by atoms with van der Waals surface area (Å²) in [7, 11) is 1.55. The van der Waals surface area contributed by atoms with Gasteiger partial charge in [-0.05, 0) is 25.5 Å². The monoisotopic (exact) mass is 280 g/mol. The smallest absolute Gasteiger partial charge is 0.321 e. The number of nitrogens with zero attached hydrogens (tertiary/aromatic N) is 1. The summed E-state index contributed by atoms with van der Waals surface area (Å²) in [5.41, 5.74) is 1.61. The Hall–Kier alpha value is -2.24. The van der Waals surface area contributed by atoms with E-state index >= 15 is 0 Å². The van der Waals surface area contributed by atoms with Crippen molar-refractivity contribution in [3.05, 3.63) is 23.8 Å². The molecule has 6 heteroatoms. The lowest BCUT2D eigenvalue weighted by Crippen LogP contribution is -2.33. The Morgan fingerprint density at radius 1 is 1.40 bits per heavy atom. The number of benzene rings is 1. The molecule has 20 heavy (non-hydrogen) atoms. The summed E-state index contributed by atoms with van der Waals surface area (Å²) in [6.45, 7) is 4.53. The van der Waals surface area contributed by atoms with Gasteiger partial charge in [-0.1, -0.05) is 6.07 Å². The van der Waals surface area contributed by atoms with Crippen LogP contribution in [0.3, 0.4) is 0 Å². The van der Waals surface area contributed by atoms with Crippen LogP contribution in [-0.4, -0.2) is 42.2 Å². The number of aryl methyl sites for hydroxylation is 1. The van der Waals surface area contributed by atoms with E-state index in [9.17, 15) is 9.59 Å². The number of hydrogen-bond donors (Lipinski definition) is 2. The minimum absolute atomic E-state index is 0.0813. The number of nitrogens with one attached hydrogen (secondary N) is 1. The third-order valence-corrected chi connectivity index (χ3v) is 2.75. The highest BCUT2D eigenvalue weighted by atomic mass is 16.5. The number of rotatable bonds is 6. The van der Waals surface area contributed by atoms with E-state index in [1.807, 2.05) is 19.9 Å². The standard InChI is InChI=1S/C14H20N2O4/c1-4-20-12-9-11(6-5-10(12)2)15-14(19)16(3)8-7-13(17)18/h5-6,9H,4,7-8H2,1-3H3,(H,15,19)(H,17,18). The van der Waals surface area contributed by atoms with Crippen molar-refractivity contribution in [3.8, 4) is 5.75 Å². The summed E-state index contributed by atoms with van der Waals surface area (Å²) >= 11 is 0. The van der Waals surface area contributed by atoms with Crippen molar-refractivity contribution < 1.29 is 19.4 Å². The van der Waals surface area contributed by atoms with Gasteiger partial charge >= 0.3 is 12.0 Å². The highest BCUT2D eigenvalue weighted by Gasteiger charge is 2.11. The van der Waals surface area contributed by atoms with Crippen LogP contribution in [0, 0.1) is 6.92 Å². The van der Waals surface area contributed by atoms with Gasteiger partial charge in [-0.2, -0.15) is 0 Å². The van der Waals surface area contributed by atoms with Gasteiger partial charge in [-0.25, -0.2) is 4.79 Å². The van der Waals surface area contributed by atoms with Crippen LogP contribution in [0.1, 0.15) is 18.9 Å². The molecular weight excluding hydrogens is 260 g/mol. The maximum Gasteiger partial charge on any atom is 0.321 e. The number of amides is 2. The molecule has 0 aliphatic carbocycles. The van der Waals surface area contributed by atoms with Crippen molar-refractivity contribution in [1.29, 1.82) is 0 Å². The lowest BCUT2D eigenvalue weighted by molar-refractivity contribution is -0.137. The first-order chi connectivity index (χ1) is 9.43. The van der Waals surface area contributed by atoms with Gasteiger partial charge in [0.1, 0.15) is 5.75 Å². The van der Waals surface area contributed by atoms with Gasteiger partial charge in [-0.3, -0.25) is 4.79 Å². The number of aliphatic carboxylic acids is 1. The average molecular weight is 280 g/mol. The number of carbonyl (C=O) groups excluding carboxylic acids is 1. The summed E-state index contributed by atoms with van der Waals surface area (Å²) in [4.78, 5) is 23.7. The van der Waals surface area contributed by atoms with E-state index in [2.05, 4.69) is 5.32 Å². The molecule has 0 heterocycles. The summed E-state index contributed by atoms with van der Waals surface area (Å²) in [5, 5.41) is 11.3. The van der Waals surface area contributed by atoms with Crippen LogP contribution in [-0.2, 0) is 4.79 Å². The zero-order valence-corrected chi connectivity index (χ0v) is 12.0. The molecule has 1 aromatic carbocycles. The lowest BCUT2D eigenvalue weighted by Gasteiger charge is -2.17. The van der Waals surface area contributed by atoms with Crippen molar-refractivity contribution in [2.45, 2.75) is 20.3 Å². The number of carbonyl (C=O) groups is 2. The quantitative estimate of drug-likeness (QED) is 0.838. The Balaban J connectivity index is 2.65. The maximum absolute atomic E-state index is 11.9. The molecular formula is C14H20N2O4. The molecule has 0 spiro atoms. The normalized spacial score (nSPS) is 9.95. The lowest BCUT2D eigenvalue weighted by atomic mass is 10.2. The van der Waals surface area contributed by atoms with Crippen LogP contribution in [0.5, 0.6) is 5.75 Å². The average Bonchev–Trinajstić information content (AvgIpc) is 2.40. The van der Waals surface area contributed by atoms with Crippen LogP contribution in [0.2, 0.25) is 0 Å². The van der Waals surface area contributed by atoms with Gasteiger partial charge in [0.25, 0.3) is 0 Å². The van der Waals surface area contributed by atoms with E-state index in [0.717, 1.165) is 11.3 Å². The molecule has 1 rings (SSSR count). The molecule has 0 bridgehead atoms. The van der Waals surface area contributed by atoms with Gasteiger partial charge in [0, 0.05) is 25.3 Å². The molecule has 0 saturated heterocycles. The largest absolute Gasteiger partial charge is 0.494 e. The van der Waals surface area contributed by atoms with E-state index in [0.29, 0.717) is 12.3 Å². The number of hydrogen-bond acceptors (Lipinski definition) is 3. The van der Waals surface area contributed by atoms with Gasteiger partial charge in [0.05, 0.1) is 13.0 Å². The zero-order valence-electron chi connectivity index (χ0n) is 12.0. The highest BCUT2D eigenvalue weighted by Crippen LogP contribution is 2.22. The molecule has 0 atom stereocenters. The van der Waals surface area contributed by atoms with E-state index in [-0.39, 0.29) is 19.0 Å². The van der Waals surface area contributed by atoms with E-state index in [1.165, 1.54) is 4.90 Å². The second-order valence-corrected chi connectivity index (χ2v) is 4.41. The summed E-state index contributed by atoms with van der Waals surface area (Å²) in [6, 6.07) is 5.04. The third-order valence-electron chi connectivity index (χ3n) is 2.75. The van der Waals surface area contributed by atoms with Crippen LogP contribution in [0.4, 0.5) is 10.5 Å². The Kier molecular flexibility index (Phi) is 5.83. The third kappa shape index (κ3) is 4.79. The minimum atomic E-state index is -0.932. The first-order valence-electron chi connectivity index (χ1n) is 6.41. The fraction of sp³-hybridized carbons (Fsp3) is 0.429. The van der Waals surface area contributed by atoms with Gasteiger partial charge in [0.2, 0.25) is 0 Å². The zero-order chi connectivity index (χ0) is 15.1. The maximum atomic E-state index is 11.9. The first-order valence-corrected chi connectivity index (χ1v) is 6.41. The number of carboxylic acid groups (broad SMARTS) is 1. The van der Waals surface area contributed by atoms with Crippen molar-refractivity contribution in [3.63, 3.8) is 0 Å². The molecule has 0 aliphatic rings. The molecule has 2 amide bonds. The highest BCUT2D eigenvalue weighted by molar-refractivity contribution is 5.89. The van der Waals surface area contributed by atoms with Crippen LogP contribution in [0.25, 0.3) is 0 Å². The predicted octanol–water partition coefficient (Wildman–Crippen LogP) is 2.33. The second-order valence-electron chi connectivity index (χ2n) is 4.41. The van der Waals surface area contributed by atoms with Gasteiger partial charge in [0.15, 0.2) is 0 Å². The summed E-state index contributed by atoms with van der Waals surface area (Å²) in [6.07, 6.45) is -0.0813. The Bertz CT molecular complexity index is 488. The number of urea groups is 1. The SMILES string of the molecule is CCOc1cc(NC(=O)N(C)CCC(=O)O)ccc1C. The Morgan fingerprint density at radius 2 is 2.10 bits per heavy atom. The van der Waals surface area contributed by atoms with Gasteiger partial charge < -0.3 is 20.1 Å². The molecule has 0 saturated carbocycles. The molecule has 2 N–H and O–H groups in total. The van der Waals surface area contributed by atoms with Crippen molar-refractivity contribution in [1.82, 2.24) is 4.90 Å². The summed E-state index contributed by atoms with van der Waals surface area (Å²) in [5.74, 6) is -0.211. The number of ether oxygens (including phenoxy) is 1. The molecule has 0 aliphatic heterocycles. The van der Waals surface area contributed by atoms with Gasteiger partial charge in [-0.15, -0.1) is 0 Å². The predicted molar refractivity (Wildman–Crippen MR) is 76.2 cm³/mol. The fourth-order valence-corrected chi connectivity index (χ4v) is 1.57. The topological polar surface area (TPSA) is 78.9 Å². The molecule has 6 nitrogen and oxygen atoms in total. The van der Waals surface area contributed by atoms with E-state index < -0.39 is 5.97 Å². The fourth-order valence-electron chi connectivity index (χ4n) is 1.57. The molecule has 110 valence electrons. The van der Waals surface area contributed by atoms with Crippen LogP contribution < -0.4 is 10.1 Å². The summed E-state index contributed by atoms with van der Waals surface area (Å²) < 4.78 is 5.46. The van der Waals surface area contributed by atoms with Crippen LogP contribution in [0.15, 0.2) is 18.2 Å². The van der Waals surface area contributed by atoms with Crippen molar-refractivity contribution in [2.75, 3.05) is 25.5 Å². The molecule has 1 aromatic rings. The molecule has 0 aromatic heterocycles. The van der Waals surface area contributed by atoms with Crippen LogP contribution >= 0.6 is 0 Å². The molecule has 0 radical (unpaired) electrons. The van der Waals surface area contributed by atoms with E-state index in [4.69, 9.17) is 9.84 Å². The van der Waals surface area contributed by atoms with E-state index in [1.54, 1.807) is 19.2 Å². The van der Waals surface area contributed by atoms with Crippen molar-refractivity contribution >= 4 is 17.7 Å². The first kappa shape index (κ1) is 15.8. The molecule has 0 fully saturated rings.